The number of thiazole rings is 1. The number of likely N-dealkylation sites (N-methyl/N-ethyl adjacent to an activating group) is 1. The first-order valence-corrected chi connectivity index (χ1v) is 13.7. The van der Waals surface area contributed by atoms with Gasteiger partial charge in [-0.2, -0.15) is 0 Å². The van der Waals surface area contributed by atoms with Crippen molar-refractivity contribution in [2.75, 3.05) is 44.1 Å². The van der Waals surface area contributed by atoms with Gasteiger partial charge in [0, 0.05) is 19.3 Å². The molecule has 0 fully saturated rings. The third-order valence-corrected chi connectivity index (χ3v) is 8.28. The summed E-state index contributed by atoms with van der Waals surface area (Å²) >= 11 is 1.15. The number of hydrogen-bond acceptors (Lipinski definition) is 8. The summed E-state index contributed by atoms with van der Waals surface area (Å²) in [6, 6.07) is 12.6. The van der Waals surface area contributed by atoms with E-state index in [9.17, 15) is 21.6 Å². The number of fused-ring (bicyclic) bond motifs is 1. The Morgan fingerprint density at radius 2 is 1.62 bits per heavy atom. The van der Waals surface area contributed by atoms with Crippen LogP contribution >= 0.6 is 23.7 Å². The van der Waals surface area contributed by atoms with Gasteiger partial charge >= 0.3 is 0 Å². The Morgan fingerprint density at radius 1 is 0.969 bits per heavy atom. The predicted molar refractivity (Wildman–Crippen MR) is 129 cm³/mol. The number of nitrogens with zero attached hydrogens (tertiary/aromatic N) is 3. The topological polar surface area (TPSA) is 105 Å². The van der Waals surface area contributed by atoms with E-state index >= 15 is 0 Å². The van der Waals surface area contributed by atoms with Crippen molar-refractivity contribution in [3.8, 4) is 0 Å². The summed E-state index contributed by atoms with van der Waals surface area (Å²) in [6.45, 7) is 0.691. The van der Waals surface area contributed by atoms with Gasteiger partial charge < -0.3 is 4.90 Å². The molecule has 1 heterocycles. The molecule has 0 aliphatic rings. The molecular formula is C20H24ClN3O5S3. The molecule has 3 rings (SSSR count). The first kappa shape index (κ1) is 26.2. The fourth-order valence-electron chi connectivity index (χ4n) is 2.90. The van der Waals surface area contributed by atoms with Crippen molar-refractivity contribution in [3.63, 3.8) is 0 Å². The minimum atomic E-state index is -3.84. The summed E-state index contributed by atoms with van der Waals surface area (Å²) < 4.78 is 50.3. The van der Waals surface area contributed by atoms with Gasteiger partial charge in [-0.1, -0.05) is 35.6 Å². The second-order valence-electron chi connectivity index (χ2n) is 7.29. The maximum atomic E-state index is 13.1. The van der Waals surface area contributed by atoms with Gasteiger partial charge in [0.1, 0.15) is 11.3 Å². The molecule has 32 heavy (non-hydrogen) atoms. The lowest BCUT2D eigenvalue weighted by Crippen LogP contribution is -2.40. The quantitative estimate of drug-likeness (QED) is 0.452. The van der Waals surface area contributed by atoms with Gasteiger partial charge in [-0.15, -0.1) is 12.4 Å². The van der Waals surface area contributed by atoms with Crippen molar-refractivity contribution in [1.82, 2.24) is 9.88 Å². The van der Waals surface area contributed by atoms with Crippen LogP contribution in [0.5, 0.6) is 0 Å². The molecule has 1 aromatic heterocycles. The van der Waals surface area contributed by atoms with Gasteiger partial charge in [0.25, 0.3) is 0 Å². The van der Waals surface area contributed by atoms with Crippen LogP contribution in [0.15, 0.2) is 58.3 Å². The van der Waals surface area contributed by atoms with Gasteiger partial charge in [0.2, 0.25) is 5.91 Å². The normalized spacial score (nSPS) is 12.0. The predicted octanol–water partition coefficient (Wildman–Crippen LogP) is 2.49. The lowest BCUT2D eigenvalue weighted by atomic mass is 10.3. The molecule has 0 aliphatic carbocycles. The number of hydrogen-bond donors (Lipinski definition) is 0. The van der Waals surface area contributed by atoms with E-state index in [1.54, 1.807) is 30.3 Å². The van der Waals surface area contributed by atoms with Crippen molar-refractivity contribution in [2.24, 2.45) is 0 Å². The molecule has 0 unspecified atom stereocenters. The number of amides is 1. The fourth-order valence-corrected chi connectivity index (χ4v) is 6.06. The monoisotopic (exact) mass is 517 g/mol. The van der Waals surface area contributed by atoms with Crippen LogP contribution in [0.3, 0.4) is 0 Å². The third-order valence-electron chi connectivity index (χ3n) is 4.49. The first-order chi connectivity index (χ1) is 14.5. The average Bonchev–Trinajstić information content (AvgIpc) is 3.11. The van der Waals surface area contributed by atoms with Crippen LogP contribution in [0.2, 0.25) is 0 Å². The summed E-state index contributed by atoms with van der Waals surface area (Å²) in [6.07, 6.45) is 1.10. The summed E-state index contributed by atoms with van der Waals surface area (Å²) in [5.74, 6) is -1.33. The molecule has 12 heteroatoms. The smallest absolute Gasteiger partial charge is 0.244 e. The van der Waals surface area contributed by atoms with Crippen LogP contribution in [0.1, 0.15) is 0 Å². The highest BCUT2D eigenvalue weighted by molar-refractivity contribution is 7.92. The zero-order valence-corrected chi connectivity index (χ0v) is 21.0. The summed E-state index contributed by atoms with van der Waals surface area (Å²) in [4.78, 5) is 20.8. The molecular weight excluding hydrogens is 494 g/mol. The van der Waals surface area contributed by atoms with Gasteiger partial charge in [-0.3, -0.25) is 9.69 Å². The molecule has 0 saturated carbocycles. The molecule has 0 N–H and O–H groups in total. The van der Waals surface area contributed by atoms with Crippen LogP contribution in [-0.4, -0.2) is 71.8 Å². The molecule has 0 bridgehead atoms. The van der Waals surface area contributed by atoms with E-state index in [0.717, 1.165) is 17.6 Å². The molecule has 0 spiro atoms. The third kappa shape index (κ3) is 6.04. The molecule has 8 nitrogen and oxygen atoms in total. The van der Waals surface area contributed by atoms with Crippen molar-refractivity contribution >= 4 is 64.7 Å². The van der Waals surface area contributed by atoms with Crippen LogP contribution in [0.4, 0.5) is 5.13 Å². The zero-order valence-electron chi connectivity index (χ0n) is 17.8. The summed E-state index contributed by atoms with van der Waals surface area (Å²) in [5, 5.41) is 0.265. The fraction of sp³-hybridized carbons (Fsp3) is 0.300. The number of carbonyl (C=O) groups excluding carboxylic acids is 1. The molecule has 0 aliphatic heterocycles. The standard InChI is InChI=1S/C20H23N3O5S3.ClH/c1-22(2)12-13-23(18(24)14-31(27,28)15-8-5-4-6-9-15)20-21-19-16(29-20)10-7-11-17(19)30(3,25)26;/h4-11H,12-14H2,1-3H3;1H. The van der Waals surface area contributed by atoms with E-state index in [1.165, 1.54) is 23.1 Å². The van der Waals surface area contributed by atoms with E-state index in [2.05, 4.69) is 4.98 Å². The van der Waals surface area contributed by atoms with Crippen LogP contribution in [0.25, 0.3) is 10.2 Å². The Bertz CT molecular complexity index is 1310. The van der Waals surface area contributed by atoms with E-state index in [1.807, 2.05) is 19.0 Å². The largest absolute Gasteiger partial charge is 0.308 e. The zero-order chi connectivity index (χ0) is 22.8. The number of carbonyl (C=O) groups is 1. The summed E-state index contributed by atoms with van der Waals surface area (Å²) in [5.41, 5.74) is 0.276. The molecule has 1 amide bonds. The van der Waals surface area contributed by atoms with Gasteiger partial charge in [-0.25, -0.2) is 21.8 Å². The SMILES string of the molecule is CN(C)CCN(C(=O)CS(=O)(=O)c1ccccc1)c1nc2c(S(C)(=O)=O)cccc2s1.Cl. The van der Waals surface area contributed by atoms with Gasteiger partial charge in [-0.05, 0) is 38.4 Å². The number of aromatic nitrogens is 1. The maximum absolute atomic E-state index is 13.1. The Kier molecular flexibility index (Phi) is 8.40. The molecule has 0 radical (unpaired) electrons. The number of rotatable bonds is 8. The Hall–Kier alpha value is -2.05. The van der Waals surface area contributed by atoms with Crippen molar-refractivity contribution in [2.45, 2.75) is 9.79 Å². The van der Waals surface area contributed by atoms with Crippen molar-refractivity contribution < 1.29 is 21.6 Å². The molecule has 174 valence electrons. The van der Waals surface area contributed by atoms with Crippen molar-refractivity contribution in [1.29, 1.82) is 0 Å². The number of halogens is 1. The van der Waals surface area contributed by atoms with Crippen LogP contribution in [-0.2, 0) is 24.5 Å². The van der Waals surface area contributed by atoms with Gasteiger partial charge in [0.05, 0.1) is 14.5 Å². The number of para-hydroxylation sites is 1. The second kappa shape index (κ2) is 10.3. The van der Waals surface area contributed by atoms with E-state index < -0.39 is 31.3 Å². The molecule has 3 aromatic rings. The highest BCUT2D eigenvalue weighted by Crippen LogP contribution is 2.33. The minimum Gasteiger partial charge on any atom is -0.308 e. The lowest BCUT2D eigenvalue weighted by molar-refractivity contribution is -0.116. The first-order valence-electron chi connectivity index (χ1n) is 9.31. The number of benzene rings is 2. The van der Waals surface area contributed by atoms with Gasteiger partial charge in [0.15, 0.2) is 24.8 Å². The van der Waals surface area contributed by atoms with Crippen LogP contribution < -0.4 is 4.90 Å². The van der Waals surface area contributed by atoms with E-state index in [-0.39, 0.29) is 39.4 Å². The molecule has 2 aromatic carbocycles. The summed E-state index contributed by atoms with van der Waals surface area (Å²) in [7, 11) is -3.68. The Labute approximate surface area is 198 Å². The Morgan fingerprint density at radius 3 is 2.22 bits per heavy atom. The molecule has 0 saturated heterocycles. The lowest BCUT2D eigenvalue weighted by Gasteiger charge is -2.22. The number of anilines is 1. The second-order valence-corrected chi connectivity index (χ2v) is 12.3. The average molecular weight is 518 g/mol. The van der Waals surface area contributed by atoms with Crippen LogP contribution in [0, 0.1) is 0 Å². The highest BCUT2D eigenvalue weighted by atomic mass is 35.5. The number of sulfone groups is 2. The minimum absolute atomic E-state index is 0. The maximum Gasteiger partial charge on any atom is 0.244 e. The van der Waals surface area contributed by atoms with Crippen molar-refractivity contribution in [3.05, 3.63) is 48.5 Å². The molecule has 0 atom stereocenters. The Balaban J connectivity index is 0.00000363. The van der Waals surface area contributed by atoms with E-state index in [4.69, 9.17) is 0 Å². The highest BCUT2D eigenvalue weighted by Gasteiger charge is 2.27. The van der Waals surface area contributed by atoms with E-state index in [0.29, 0.717) is 11.2 Å².